The lowest BCUT2D eigenvalue weighted by Gasteiger charge is -2.32. The van der Waals surface area contributed by atoms with E-state index >= 15 is 0 Å². The summed E-state index contributed by atoms with van der Waals surface area (Å²) in [6.45, 7) is 1.69. The molecule has 0 saturated carbocycles. The van der Waals surface area contributed by atoms with E-state index < -0.39 is 6.10 Å². The Kier molecular flexibility index (Phi) is 3.97. The Balaban J connectivity index is 2.31. The minimum atomic E-state index is -0.429. The van der Waals surface area contributed by atoms with Gasteiger partial charge in [-0.1, -0.05) is 0 Å². The lowest BCUT2D eigenvalue weighted by molar-refractivity contribution is 0.0765. The van der Waals surface area contributed by atoms with Gasteiger partial charge in [0.2, 0.25) is 0 Å². The fourth-order valence-corrected chi connectivity index (χ4v) is 2.10. The van der Waals surface area contributed by atoms with Crippen molar-refractivity contribution in [3.8, 4) is 17.6 Å². The van der Waals surface area contributed by atoms with Crippen LogP contribution in [0.1, 0.15) is 0 Å². The summed E-state index contributed by atoms with van der Waals surface area (Å²) in [5.41, 5.74) is 7.47. The number of rotatable bonds is 3. The zero-order chi connectivity index (χ0) is 13.8. The molecule has 19 heavy (non-hydrogen) atoms. The van der Waals surface area contributed by atoms with Gasteiger partial charge in [-0.25, -0.2) is 0 Å². The van der Waals surface area contributed by atoms with E-state index in [0.29, 0.717) is 36.9 Å². The van der Waals surface area contributed by atoms with Gasteiger partial charge >= 0.3 is 0 Å². The van der Waals surface area contributed by atoms with Crippen LogP contribution in [0.15, 0.2) is 12.1 Å². The molecule has 0 aliphatic carbocycles. The monoisotopic (exact) mass is 263 g/mol. The summed E-state index contributed by atoms with van der Waals surface area (Å²) in [7, 11) is 3.15. The standard InChI is InChI=1S/C13H17N3O3/c1-17-12-5-10(15)11(6-13(12)18-2)16-3-4-19-9(7-14)8-16/h5-6,9H,3-4,8,15H2,1-2H3. The van der Waals surface area contributed by atoms with Crippen molar-refractivity contribution in [2.24, 2.45) is 0 Å². The van der Waals surface area contributed by atoms with Crippen molar-refractivity contribution in [1.82, 2.24) is 0 Å². The number of anilines is 2. The number of benzene rings is 1. The topological polar surface area (TPSA) is 80.7 Å². The normalized spacial score (nSPS) is 18.8. The molecule has 0 bridgehead atoms. The summed E-state index contributed by atoms with van der Waals surface area (Å²) in [5, 5.41) is 8.93. The first-order valence-electron chi connectivity index (χ1n) is 5.97. The maximum Gasteiger partial charge on any atom is 0.162 e. The van der Waals surface area contributed by atoms with E-state index in [2.05, 4.69) is 6.07 Å². The first kappa shape index (κ1) is 13.3. The van der Waals surface area contributed by atoms with E-state index in [1.54, 1.807) is 20.3 Å². The fraction of sp³-hybridized carbons (Fsp3) is 0.462. The Morgan fingerprint density at radius 1 is 1.37 bits per heavy atom. The molecular formula is C13H17N3O3. The van der Waals surface area contributed by atoms with E-state index in [1.807, 2.05) is 11.0 Å². The van der Waals surface area contributed by atoms with E-state index in [1.165, 1.54) is 0 Å². The van der Waals surface area contributed by atoms with E-state index in [9.17, 15) is 0 Å². The Morgan fingerprint density at radius 3 is 2.68 bits per heavy atom. The predicted octanol–water partition coefficient (Wildman–Crippen LogP) is 1.01. The van der Waals surface area contributed by atoms with Crippen molar-refractivity contribution in [1.29, 1.82) is 5.26 Å². The molecular weight excluding hydrogens is 246 g/mol. The number of hydrogen-bond donors (Lipinski definition) is 1. The number of nitrogens with zero attached hydrogens (tertiary/aromatic N) is 2. The zero-order valence-corrected chi connectivity index (χ0v) is 11.0. The smallest absolute Gasteiger partial charge is 0.162 e. The third-order valence-electron chi connectivity index (χ3n) is 3.08. The molecule has 0 spiro atoms. The molecule has 1 aromatic rings. The maximum atomic E-state index is 8.93. The Labute approximate surface area is 112 Å². The summed E-state index contributed by atoms with van der Waals surface area (Å²) in [5.74, 6) is 1.21. The number of morpholine rings is 1. The molecule has 1 saturated heterocycles. The van der Waals surface area contributed by atoms with Crippen LogP contribution in [0, 0.1) is 11.3 Å². The lowest BCUT2D eigenvalue weighted by Crippen LogP contribution is -2.42. The summed E-state index contributed by atoms with van der Waals surface area (Å²) in [6.07, 6.45) is -0.429. The molecule has 6 heteroatoms. The molecule has 2 rings (SSSR count). The Morgan fingerprint density at radius 2 is 2.05 bits per heavy atom. The molecule has 1 atom stereocenters. The SMILES string of the molecule is COc1cc(N)c(N2CCOC(C#N)C2)cc1OC. The molecule has 6 nitrogen and oxygen atoms in total. The van der Waals surface area contributed by atoms with Gasteiger partial charge in [-0.15, -0.1) is 0 Å². The van der Waals surface area contributed by atoms with Gasteiger partial charge in [0, 0.05) is 18.7 Å². The van der Waals surface area contributed by atoms with Crippen LogP contribution in [0.25, 0.3) is 0 Å². The van der Waals surface area contributed by atoms with Gasteiger partial charge in [0.25, 0.3) is 0 Å². The van der Waals surface area contributed by atoms with Gasteiger partial charge in [0.1, 0.15) is 0 Å². The van der Waals surface area contributed by atoms with Crippen molar-refractivity contribution < 1.29 is 14.2 Å². The van der Waals surface area contributed by atoms with Gasteiger partial charge in [-0.05, 0) is 0 Å². The van der Waals surface area contributed by atoms with Crippen LogP contribution in [0.2, 0.25) is 0 Å². The molecule has 0 aromatic heterocycles. The summed E-state index contributed by atoms with van der Waals surface area (Å²) >= 11 is 0. The highest BCUT2D eigenvalue weighted by molar-refractivity contribution is 5.73. The van der Waals surface area contributed by atoms with Crippen LogP contribution in [0.4, 0.5) is 11.4 Å². The number of nitriles is 1. The highest BCUT2D eigenvalue weighted by atomic mass is 16.5. The first-order chi connectivity index (χ1) is 9.19. The van der Waals surface area contributed by atoms with Crippen LogP contribution >= 0.6 is 0 Å². The zero-order valence-electron chi connectivity index (χ0n) is 11.0. The molecule has 0 radical (unpaired) electrons. The van der Waals surface area contributed by atoms with Gasteiger partial charge in [0.05, 0.1) is 44.8 Å². The lowest BCUT2D eigenvalue weighted by atomic mass is 10.2. The number of nitrogens with two attached hydrogens (primary N) is 1. The highest BCUT2D eigenvalue weighted by Crippen LogP contribution is 2.37. The summed E-state index contributed by atoms with van der Waals surface area (Å²) in [4.78, 5) is 2.02. The highest BCUT2D eigenvalue weighted by Gasteiger charge is 2.23. The Bertz CT molecular complexity index is 499. The van der Waals surface area contributed by atoms with Crippen LogP contribution in [-0.2, 0) is 4.74 Å². The molecule has 1 unspecified atom stereocenters. The molecule has 1 aromatic carbocycles. The second-order valence-corrected chi connectivity index (χ2v) is 4.20. The average Bonchev–Trinajstić information content (AvgIpc) is 2.46. The van der Waals surface area contributed by atoms with Gasteiger partial charge in [-0.3, -0.25) is 0 Å². The third-order valence-corrected chi connectivity index (χ3v) is 3.08. The quantitative estimate of drug-likeness (QED) is 0.820. The van der Waals surface area contributed by atoms with Crippen LogP contribution < -0.4 is 20.1 Å². The second-order valence-electron chi connectivity index (χ2n) is 4.20. The number of hydrogen-bond acceptors (Lipinski definition) is 6. The number of ether oxygens (including phenoxy) is 3. The molecule has 1 heterocycles. The minimum Gasteiger partial charge on any atom is -0.493 e. The van der Waals surface area contributed by atoms with Gasteiger partial charge < -0.3 is 24.8 Å². The summed E-state index contributed by atoms with van der Waals surface area (Å²) in [6, 6.07) is 5.67. The van der Waals surface area contributed by atoms with Crippen LogP contribution in [-0.4, -0.2) is 40.0 Å². The number of methoxy groups -OCH3 is 2. The maximum absolute atomic E-state index is 8.93. The van der Waals surface area contributed by atoms with Crippen molar-refractivity contribution >= 4 is 11.4 Å². The fourth-order valence-electron chi connectivity index (χ4n) is 2.10. The molecule has 2 N–H and O–H groups in total. The Hall–Kier alpha value is -2.13. The van der Waals surface area contributed by atoms with E-state index in [0.717, 1.165) is 5.69 Å². The van der Waals surface area contributed by atoms with E-state index in [4.69, 9.17) is 25.2 Å². The van der Waals surface area contributed by atoms with Crippen molar-refractivity contribution in [3.63, 3.8) is 0 Å². The van der Waals surface area contributed by atoms with Crippen LogP contribution in [0.5, 0.6) is 11.5 Å². The second kappa shape index (κ2) is 5.67. The largest absolute Gasteiger partial charge is 0.493 e. The molecule has 0 amide bonds. The van der Waals surface area contributed by atoms with Gasteiger partial charge in [-0.2, -0.15) is 5.26 Å². The molecule has 1 fully saturated rings. The van der Waals surface area contributed by atoms with E-state index in [-0.39, 0.29) is 0 Å². The molecule has 1 aliphatic rings. The summed E-state index contributed by atoms with van der Waals surface area (Å²) < 4.78 is 15.8. The number of nitrogen functional groups attached to an aromatic ring is 1. The van der Waals surface area contributed by atoms with Crippen molar-refractivity contribution in [2.45, 2.75) is 6.10 Å². The minimum absolute atomic E-state index is 0.429. The predicted molar refractivity (Wildman–Crippen MR) is 71.5 cm³/mol. The average molecular weight is 263 g/mol. The van der Waals surface area contributed by atoms with Crippen molar-refractivity contribution in [3.05, 3.63) is 12.1 Å². The van der Waals surface area contributed by atoms with Crippen LogP contribution in [0.3, 0.4) is 0 Å². The van der Waals surface area contributed by atoms with Gasteiger partial charge in [0.15, 0.2) is 17.6 Å². The first-order valence-corrected chi connectivity index (χ1v) is 5.97. The third kappa shape index (κ3) is 2.66. The molecule has 102 valence electrons. The molecule has 1 aliphatic heterocycles. The van der Waals surface area contributed by atoms with Crippen molar-refractivity contribution in [2.75, 3.05) is 44.5 Å².